The molecule has 2 saturated heterocycles. The van der Waals surface area contributed by atoms with Crippen LogP contribution in [0.15, 0.2) is 48.5 Å². The molecule has 0 saturated carbocycles. The third kappa shape index (κ3) is 4.17. The number of halogens is 1. The smallest absolute Gasteiger partial charge is 0.120 e. The number of rotatable bonds is 4. The molecule has 3 nitrogen and oxygen atoms in total. The van der Waals surface area contributed by atoms with Crippen LogP contribution in [0.2, 0.25) is 0 Å². The van der Waals surface area contributed by atoms with Crippen molar-refractivity contribution in [1.82, 2.24) is 9.80 Å². The Morgan fingerprint density at radius 1 is 1.00 bits per heavy atom. The number of piperidine rings is 1. The van der Waals surface area contributed by atoms with Crippen LogP contribution in [0.3, 0.4) is 0 Å². The van der Waals surface area contributed by atoms with Gasteiger partial charge >= 0.3 is 0 Å². The standard InChI is InChI=1S/C23H29FN2O/c1-17-4-2-3-5-19(17)14-25-12-10-20(15-25)26-13-11-22(23(24)16-26)18-6-8-21(27)9-7-18/h2-9,20,22-23,27H,10-16H2,1H3/t20?,22-,23+/m0/s1. The first-order chi connectivity index (χ1) is 13.1. The molecule has 144 valence electrons. The van der Waals surface area contributed by atoms with Crippen LogP contribution in [-0.4, -0.2) is 53.3 Å². The number of phenols is 1. The second kappa shape index (κ2) is 7.99. The number of likely N-dealkylation sites (tertiary alicyclic amines) is 2. The molecule has 1 N–H and O–H groups in total. The molecule has 0 aliphatic carbocycles. The third-order valence-corrected chi connectivity index (χ3v) is 6.31. The highest BCUT2D eigenvalue weighted by molar-refractivity contribution is 5.29. The van der Waals surface area contributed by atoms with Gasteiger partial charge in [0.15, 0.2) is 0 Å². The van der Waals surface area contributed by atoms with E-state index in [1.54, 1.807) is 12.1 Å². The lowest BCUT2D eigenvalue weighted by Gasteiger charge is -2.38. The van der Waals surface area contributed by atoms with Gasteiger partial charge in [-0.1, -0.05) is 36.4 Å². The van der Waals surface area contributed by atoms with E-state index in [1.807, 2.05) is 12.1 Å². The molecule has 2 aliphatic rings. The number of alkyl halides is 1. The van der Waals surface area contributed by atoms with Gasteiger partial charge in [0.05, 0.1) is 0 Å². The molecule has 2 aromatic carbocycles. The van der Waals surface area contributed by atoms with Crippen molar-refractivity contribution in [2.75, 3.05) is 26.2 Å². The minimum atomic E-state index is -0.839. The molecule has 0 aromatic heterocycles. The Hall–Kier alpha value is -1.91. The Morgan fingerprint density at radius 2 is 1.78 bits per heavy atom. The highest BCUT2D eigenvalue weighted by atomic mass is 19.1. The molecule has 2 fully saturated rings. The summed E-state index contributed by atoms with van der Waals surface area (Å²) in [5.41, 5.74) is 3.75. The van der Waals surface area contributed by atoms with Crippen molar-refractivity contribution in [3.8, 4) is 5.75 Å². The molecule has 2 aromatic rings. The lowest BCUT2D eigenvalue weighted by molar-refractivity contribution is 0.0835. The normalized spacial score (nSPS) is 27.1. The van der Waals surface area contributed by atoms with Crippen molar-refractivity contribution < 1.29 is 9.50 Å². The van der Waals surface area contributed by atoms with Gasteiger partial charge in [-0.25, -0.2) is 4.39 Å². The Bertz CT molecular complexity index is 763. The number of nitrogens with zero attached hydrogens (tertiary/aromatic N) is 2. The molecule has 0 radical (unpaired) electrons. The molecular weight excluding hydrogens is 339 g/mol. The summed E-state index contributed by atoms with van der Waals surface area (Å²) in [6.07, 6.45) is 1.14. The van der Waals surface area contributed by atoms with E-state index in [2.05, 4.69) is 41.0 Å². The van der Waals surface area contributed by atoms with Gasteiger partial charge in [0.1, 0.15) is 11.9 Å². The zero-order valence-corrected chi connectivity index (χ0v) is 16.0. The number of phenolic OH excluding ortho intramolecular Hbond substituents is 1. The van der Waals surface area contributed by atoms with Crippen LogP contribution in [-0.2, 0) is 6.54 Å². The molecule has 1 unspecified atom stereocenters. The number of benzene rings is 2. The van der Waals surface area contributed by atoms with Gasteiger partial charge in [0.25, 0.3) is 0 Å². The first-order valence-electron chi connectivity index (χ1n) is 10.0. The molecule has 0 spiro atoms. The van der Waals surface area contributed by atoms with Crippen molar-refractivity contribution in [3.63, 3.8) is 0 Å². The monoisotopic (exact) mass is 368 g/mol. The van der Waals surface area contributed by atoms with Crippen molar-refractivity contribution in [2.24, 2.45) is 0 Å². The zero-order valence-electron chi connectivity index (χ0n) is 16.0. The Labute approximate surface area is 161 Å². The van der Waals surface area contributed by atoms with Crippen molar-refractivity contribution in [1.29, 1.82) is 0 Å². The second-order valence-corrected chi connectivity index (χ2v) is 8.10. The average Bonchev–Trinajstić information content (AvgIpc) is 3.13. The summed E-state index contributed by atoms with van der Waals surface area (Å²) < 4.78 is 14.9. The Morgan fingerprint density at radius 3 is 2.52 bits per heavy atom. The second-order valence-electron chi connectivity index (χ2n) is 8.10. The predicted molar refractivity (Wildman–Crippen MR) is 107 cm³/mol. The van der Waals surface area contributed by atoms with Gasteiger partial charge in [-0.2, -0.15) is 0 Å². The maximum atomic E-state index is 14.9. The van der Waals surface area contributed by atoms with Crippen LogP contribution in [0.1, 0.15) is 35.4 Å². The fraction of sp³-hybridized carbons (Fsp3) is 0.478. The molecule has 3 atom stereocenters. The number of aryl methyl sites for hydroxylation is 1. The number of hydrogen-bond donors (Lipinski definition) is 1. The maximum Gasteiger partial charge on any atom is 0.120 e. The fourth-order valence-electron chi connectivity index (χ4n) is 4.64. The summed E-state index contributed by atoms with van der Waals surface area (Å²) in [7, 11) is 0. The largest absolute Gasteiger partial charge is 0.508 e. The van der Waals surface area contributed by atoms with Crippen LogP contribution >= 0.6 is 0 Å². The SMILES string of the molecule is Cc1ccccc1CN1CCC(N2CC[C@@H](c3ccc(O)cc3)[C@H](F)C2)C1. The van der Waals surface area contributed by atoms with Gasteiger partial charge < -0.3 is 5.11 Å². The van der Waals surface area contributed by atoms with E-state index in [-0.39, 0.29) is 11.7 Å². The van der Waals surface area contributed by atoms with Gasteiger partial charge in [-0.15, -0.1) is 0 Å². The molecule has 2 heterocycles. The minimum absolute atomic E-state index is 0.0497. The van der Waals surface area contributed by atoms with Crippen LogP contribution in [0, 0.1) is 6.92 Å². The lowest BCUT2D eigenvalue weighted by Crippen LogP contribution is -2.47. The highest BCUT2D eigenvalue weighted by Crippen LogP contribution is 2.33. The van der Waals surface area contributed by atoms with Crippen LogP contribution < -0.4 is 0 Å². The maximum absolute atomic E-state index is 14.9. The molecule has 27 heavy (non-hydrogen) atoms. The van der Waals surface area contributed by atoms with Crippen molar-refractivity contribution >= 4 is 0 Å². The Balaban J connectivity index is 1.33. The van der Waals surface area contributed by atoms with E-state index in [0.717, 1.165) is 44.6 Å². The number of hydrogen-bond acceptors (Lipinski definition) is 3. The molecule has 0 bridgehead atoms. The quantitative estimate of drug-likeness (QED) is 0.880. The predicted octanol–water partition coefficient (Wildman–Crippen LogP) is 4.10. The van der Waals surface area contributed by atoms with Crippen molar-refractivity contribution in [3.05, 3.63) is 65.2 Å². The summed E-state index contributed by atoms with van der Waals surface area (Å²) in [4.78, 5) is 4.87. The first-order valence-corrected chi connectivity index (χ1v) is 10.0. The van der Waals surface area contributed by atoms with Crippen LogP contribution in [0.25, 0.3) is 0 Å². The topological polar surface area (TPSA) is 26.7 Å². The van der Waals surface area contributed by atoms with Gasteiger partial charge in [-0.05, 0) is 55.1 Å². The Kier molecular flexibility index (Phi) is 5.46. The van der Waals surface area contributed by atoms with E-state index in [4.69, 9.17) is 0 Å². The van der Waals surface area contributed by atoms with E-state index in [9.17, 15) is 9.50 Å². The molecular formula is C23H29FN2O. The van der Waals surface area contributed by atoms with Gasteiger partial charge in [-0.3, -0.25) is 9.80 Å². The summed E-state index contributed by atoms with van der Waals surface area (Å²) >= 11 is 0. The molecule has 4 heteroatoms. The summed E-state index contributed by atoms with van der Waals surface area (Å²) in [6.45, 7) is 6.76. The minimum Gasteiger partial charge on any atom is -0.508 e. The highest BCUT2D eigenvalue weighted by Gasteiger charge is 2.36. The van der Waals surface area contributed by atoms with E-state index in [1.165, 1.54) is 11.1 Å². The van der Waals surface area contributed by atoms with E-state index in [0.29, 0.717) is 12.6 Å². The summed E-state index contributed by atoms with van der Waals surface area (Å²) in [6, 6.07) is 16.1. The first kappa shape index (κ1) is 18.5. The van der Waals surface area contributed by atoms with Crippen molar-refractivity contribution in [2.45, 2.75) is 44.4 Å². The van der Waals surface area contributed by atoms with E-state index >= 15 is 0 Å². The molecule has 2 aliphatic heterocycles. The summed E-state index contributed by atoms with van der Waals surface area (Å²) in [5.74, 6) is 0.192. The van der Waals surface area contributed by atoms with Crippen LogP contribution in [0.5, 0.6) is 5.75 Å². The molecule has 0 amide bonds. The lowest BCUT2D eigenvalue weighted by atomic mass is 9.87. The summed E-state index contributed by atoms with van der Waals surface area (Å²) in [5, 5.41) is 9.45. The number of aromatic hydroxyl groups is 1. The van der Waals surface area contributed by atoms with E-state index < -0.39 is 6.17 Å². The third-order valence-electron chi connectivity index (χ3n) is 6.31. The van der Waals surface area contributed by atoms with Gasteiger partial charge in [0.2, 0.25) is 0 Å². The van der Waals surface area contributed by atoms with Crippen LogP contribution in [0.4, 0.5) is 4.39 Å². The zero-order chi connectivity index (χ0) is 18.8. The molecule has 4 rings (SSSR count). The average molecular weight is 368 g/mol. The van der Waals surface area contributed by atoms with Gasteiger partial charge in [0, 0.05) is 38.1 Å². The fourth-order valence-corrected chi connectivity index (χ4v) is 4.64.